The number of amidine groups is 1. The largest absolute Gasteiger partial charge is 0.378 e. The van der Waals surface area contributed by atoms with Gasteiger partial charge in [0.05, 0.1) is 22.1 Å². The summed E-state index contributed by atoms with van der Waals surface area (Å²) in [6.07, 6.45) is 0. The van der Waals surface area contributed by atoms with Gasteiger partial charge in [0.25, 0.3) is 5.91 Å². The molecule has 0 radical (unpaired) electrons. The number of para-hydroxylation sites is 2. The Morgan fingerprint density at radius 1 is 0.867 bits per heavy atom. The van der Waals surface area contributed by atoms with E-state index in [0.717, 1.165) is 5.69 Å². The molecule has 0 spiro atoms. The zero-order valence-corrected chi connectivity index (χ0v) is 17.3. The number of hydrazine groups is 1. The Balaban J connectivity index is 1.77. The molecule has 150 valence electrons. The minimum absolute atomic E-state index is 0.219. The summed E-state index contributed by atoms with van der Waals surface area (Å²) in [6, 6.07) is 24.2. The summed E-state index contributed by atoms with van der Waals surface area (Å²) in [4.78, 5) is 24.4. The number of carbonyl (C=O) groups excluding carboxylic acids is 1. The van der Waals surface area contributed by atoms with Crippen LogP contribution >= 0.6 is 11.6 Å². The highest BCUT2D eigenvalue weighted by molar-refractivity contribution is 6.72. The lowest BCUT2D eigenvalue weighted by Crippen LogP contribution is -2.35. The first kappa shape index (κ1) is 19.7. The van der Waals surface area contributed by atoms with Crippen molar-refractivity contribution in [2.45, 2.75) is 0 Å². The van der Waals surface area contributed by atoms with Crippen LogP contribution in [0.25, 0.3) is 0 Å². The van der Waals surface area contributed by atoms with E-state index in [1.54, 1.807) is 12.1 Å². The van der Waals surface area contributed by atoms with Gasteiger partial charge in [0.15, 0.2) is 11.5 Å². The lowest BCUT2D eigenvalue weighted by atomic mass is 10.2. The van der Waals surface area contributed by atoms with Crippen molar-refractivity contribution in [2.24, 2.45) is 9.98 Å². The molecule has 0 aromatic heterocycles. The summed E-state index contributed by atoms with van der Waals surface area (Å²) in [5.41, 5.74) is 6.25. The lowest BCUT2D eigenvalue weighted by Gasteiger charge is -2.14. The Bertz CT molecular complexity index is 1120. The highest BCUT2D eigenvalue weighted by Crippen LogP contribution is 2.26. The molecule has 0 unspecified atom stereocenters. The summed E-state index contributed by atoms with van der Waals surface area (Å²) < 4.78 is 0. The van der Waals surface area contributed by atoms with Gasteiger partial charge in [-0.1, -0.05) is 41.9 Å². The smallest absolute Gasteiger partial charge is 0.299 e. The maximum absolute atomic E-state index is 13.2. The number of amides is 1. The van der Waals surface area contributed by atoms with E-state index in [1.165, 1.54) is 5.01 Å². The van der Waals surface area contributed by atoms with Crippen LogP contribution in [-0.4, -0.2) is 31.5 Å². The summed E-state index contributed by atoms with van der Waals surface area (Å²) in [7, 11) is 3.94. The molecule has 4 rings (SSSR count). The number of rotatable bonds is 4. The van der Waals surface area contributed by atoms with Gasteiger partial charge < -0.3 is 4.90 Å². The number of nitrogens with one attached hydrogen (secondary N) is 1. The number of halogens is 1. The Hall–Kier alpha value is -3.64. The van der Waals surface area contributed by atoms with Crippen LogP contribution in [0, 0.1) is 0 Å². The van der Waals surface area contributed by atoms with Crippen molar-refractivity contribution in [3.8, 4) is 0 Å². The number of anilines is 2. The van der Waals surface area contributed by atoms with Gasteiger partial charge in [-0.3, -0.25) is 10.2 Å². The van der Waals surface area contributed by atoms with Crippen LogP contribution in [0.15, 0.2) is 88.8 Å². The van der Waals surface area contributed by atoms with Gasteiger partial charge in [0.2, 0.25) is 0 Å². The zero-order chi connectivity index (χ0) is 21.1. The van der Waals surface area contributed by atoms with Gasteiger partial charge >= 0.3 is 0 Å². The molecule has 1 aliphatic heterocycles. The Morgan fingerprint density at radius 3 is 2.20 bits per heavy atom. The number of nitrogens with zero attached hydrogens (tertiary/aromatic N) is 4. The molecular formula is C23H20ClN5O. The van der Waals surface area contributed by atoms with Crippen molar-refractivity contribution in [3.05, 3.63) is 83.9 Å². The van der Waals surface area contributed by atoms with Gasteiger partial charge in [-0.05, 0) is 48.5 Å². The third-order valence-corrected chi connectivity index (χ3v) is 4.87. The topological polar surface area (TPSA) is 60.3 Å². The van der Waals surface area contributed by atoms with E-state index in [4.69, 9.17) is 11.6 Å². The molecule has 1 heterocycles. The molecule has 1 amide bonds. The highest BCUT2D eigenvalue weighted by Gasteiger charge is 2.35. The van der Waals surface area contributed by atoms with Gasteiger partial charge in [0, 0.05) is 19.8 Å². The predicted octanol–water partition coefficient (Wildman–Crippen LogP) is 4.76. The molecule has 1 aliphatic rings. The van der Waals surface area contributed by atoms with Crippen LogP contribution in [0.3, 0.4) is 0 Å². The maximum atomic E-state index is 13.2. The number of aliphatic imine (C=N–C) groups is 2. The molecule has 0 atom stereocenters. The Morgan fingerprint density at radius 2 is 1.53 bits per heavy atom. The molecule has 3 aromatic carbocycles. The summed E-state index contributed by atoms with van der Waals surface area (Å²) in [5, 5.41) is 1.93. The SMILES string of the molecule is CN(C)c1ccc(N=C2C(=O)N(c3ccccc3)NC2=Nc2ccccc2Cl)cc1. The molecule has 6 nitrogen and oxygen atoms in total. The fourth-order valence-corrected chi connectivity index (χ4v) is 3.15. The molecular weight excluding hydrogens is 398 g/mol. The van der Waals surface area contributed by atoms with Crippen LogP contribution in [0.2, 0.25) is 5.02 Å². The molecule has 3 aromatic rings. The normalized spacial score (nSPS) is 16.2. The first-order valence-corrected chi connectivity index (χ1v) is 9.76. The molecule has 1 fully saturated rings. The number of carbonyl (C=O) groups is 1. The monoisotopic (exact) mass is 417 g/mol. The fraction of sp³-hybridized carbons (Fsp3) is 0.0870. The third kappa shape index (κ3) is 4.04. The second-order valence-electron chi connectivity index (χ2n) is 6.87. The molecule has 7 heteroatoms. The second-order valence-corrected chi connectivity index (χ2v) is 7.28. The number of benzene rings is 3. The summed E-state index contributed by atoms with van der Waals surface area (Å²) in [5.74, 6) is 0.0531. The minimum atomic E-state index is -0.288. The molecule has 0 bridgehead atoms. The van der Waals surface area contributed by atoms with Gasteiger partial charge in [0.1, 0.15) is 0 Å². The van der Waals surface area contributed by atoms with E-state index in [9.17, 15) is 4.79 Å². The molecule has 0 aliphatic carbocycles. The molecule has 30 heavy (non-hydrogen) atoms. The quantitative estimate of drug-likeness (QED) is 0.665. The van der Waals surface area contributed by atoms with Crippen molar-refractivity contribution >= 4 is 51.8 Å². The number of hydrogen-bond acceptors (Lipinski definition) is 4. The van der Waals surface area contributed by atoms with Crippen molar-refractivity contribution in [1.29, 1.82) is 0 Å². The van der Waals surface area contributed by atoms with Crippen molar-refractivity contribution < 1.29 is 4.79 Å². The first-order chi connectivity index (χ1) is 14.5. The van der Waals surface area contributed by atoms with E-state index in [-0.39, 0.29) is 11.6 Å². The van der Waals surface area contributed by atoms with Gasteiger partial charge in [-0.25, -0.2) is 15.0 Å². The van der Waals surface area contributed by atoms with Crippen LogP contribution < -0.4 is 15.3 Å². The van der Waals surface area contributed by atoms with E-state index < -0.39 is 0 Å². The third-order valence-electron chi connectivity index (χ3n) is 4.55. The Labute approximate surface area is 180 Å². The second kappa shape index (κ2) is 8.39. The van der Waals surface area contributed by atoms with Crippen LogP contribution in [-0.2, 0) is 4.79 Å². The standard InChI is InChI=1S/C23H20ClN5O/c1-28(2)17-14-12-16(13-15-17)25-21-22(26-20-11-7-6-10-19(20)24)27-29(23(21)30)18-8-4-3-5-9-18/h3-15H,1-2H3,(H,26,27). The average molecular weight is 418 g/mol. The van der Waals surface area contributed by atoms with Crippen molar-refractivity contribution in [2.75, 3.05) is 24.0 Å². The van der Waals surface area contributed by atoms with E-state index in [1.807, 2.05) is 85.7 Å². The zero-order valence-electron chi connectivity index (χ0n) is 16.6. The molecule has 1 saturated heterocycles. The Kier molecular flexibility index (Phi) is 5.50. The fourth-order valence-electron chi connectivity index (χ4n) is 2.97. The summed E-state index contributed by atoms with van der Waals surface area (Å²) >= 11 is 6.27. The lowest BCUT2D eigenvalue weighted by molar-refractivity contribution is -0.112. The molecule has 1 N–H and O–H groups in total. The summed E-state index contributed by atoms with van der Waals surface area (Å²) in [6.45, 7) is 0. The van der Waals surface area contributed by atoms with Gasteiger partial charge in [-0.2, -0.15) is 0 Å². The molecule has 0 saturated carbocycles. The van der Waals surface area contributed by atoms with Gasteiger partial charge in [-0.15, -0.1) is 0 Å². The first-order valence-electron chi connectivity index (χ1n) is 9.39. The van der Waals surface area contributed by atoms with Crippen molar-refractivity contribution in [3.63, 3.8) is 0 Å². The number of hydrogen-bond donors (Lipinski definition) is 1. The van der Waals surface area contributed by atoms with Crippen LogP contribution in [0.5, 0.6) is 0 Å². The van der Waals surface area contributed by atoms with E-state index in [2.05, 4.69) is 15.4 Å². The van der Waals surface area contributed by atoms with Crippen LogP contribution in [0.1, 0.15) is 0 Å². The maximum Gasteiger partial charge on any atom is 0.299 e. The van der Waals surface area contributed by atoms with E-state index >= 15 is 0 Å². The average Bonchev–Trinajstić information content (AvgIpc) is 3.06. The van der Waals surface area contributed by atoms with E-state index in [0.29, 0.717) is 27.9 Å². The van der Waals surface area contributed by atoms with Crippen molar-refractivity contribution in [1.82, 2.24) is 5.43 Å². The highest BCUT2D eigenvalue weighted by atomic mass is 35.5. The van der Waals surface area contributed by atoms with Crippen LogP contribution in [0.4, 0.5) is 22.7 Å². The predicted molar refractivity (Wildman–Crippen MR) is 123 cm³/mol. The minimum Gasteiger partial charge on any atom is -0.378 e.